The normalized spacial score (nSPS) is 15.3. The molecule has 7 heteroatoms. The molecule has 0 amide bonds. The molecule has 0 N–H and O–H groups in total. The van der Waals surface area contributed by atoms with Gasteiger partial charge in [-0.05, 0) is 41.3 Å². The number of ketones is 1. The molecule has 234 valence electrons. The number of halogens is 1. The summed E-state index contributed by atoms with van der Waals surface area (Å²) in [4.78, 5) is 30.8. The summed E-state index contributed by atoms with van der Waals surface area (Å²) in [6.45, 7) is 7.74. The lowest BCUT2D eigenvalue weighted by Crippen LogP contribution is -2.48. The van der Waals surface area contributed by atoms with E-state index in [0.717, 1.165) is 43.3 Å². The Hall–Kier alpha value is -3.81. The first-order valence-electron chi connectivity index (χ1n) is 15.7. The molecule has 1 fully saturated rings. The van der Waals surface area contributed by atoms with Crippen molar-refractivity contribution in [2.24, 2.45) is 0 Å². The Morgan fingerprint density at radius 1 is 0.711 bits per heavy atom. The summed E-state index contributed by atoms with van der Waals surface area (Å²) in [7, 11) is 0. The lowest BCUT2D eigenvalue weighted by Gasteiger charge is -2.39. The molecule has 1 saturated heterocycles. The average molecular weight is 625 g/mol. The fourth-order valence-corrected chi connectivity index (χ4v) is 6.05. The standard InChI is InChI=1S/C38H41ClN2O4/c1-2-35(32-14-9-15-33(28-32)37(42)31-12-7-4-8-13-31)38(43)45-27-26-44-25-24-40-20-22-41(23-21-40)36(29-10-5-3-6-11-29)30-16-18-34(39)19-17-30/h3-19,28,35-36H,2,20-27H2,1H3/t35-,36+/m0/s1. The Balaban J connectivity index is 1.04. The number of rotatable bonds is 14. The SMILES string of the molecule is CC[C@H](C(=O)OCCOCCN1CCN([C@H](c2ccccc2)c2ccc(Cl)cc2)CC1)c1cccc(C(=O)c2ccccc2)c1. The number of esters is 1. The molecule has 4 aromatic rings. The van der Waals surface area contributed by atoms with Gasteiger partial charge in [0.2, 0.25) is 0 Å². The van der Waals surface area contributed by atoms with Gasteiger partial charge < -0.3 is 9.47 Å². The number of nitrogens with zero attached hydrogens (tertiary/aromatic N) is 2. The van der Waals surface area contributed by atoms with Crippen LogP contribution in [0.4, 0.5) is 0 Å². The van der Waals surface area contributed by atoms with Crippen LogP contribution in [-0.4, -0.2) is 74.1 Å². The predicted molar refractivity (Wildman–Crippen MR) is 179 cm³/mol. The van der Waals surface area contributed by atoms with Crippen LogP contribution in [0.3, 0.4) is 0 Å². The first-order chi connectivity index (χ1) is 22.0. The highest BCUT2D eigenvalue weighted by Gasteiger charge is 2.26. The molecule has 1 heterocycles. The quantitative estimate of drug-likeness (QED) is 0.0853. The number of carbonyl (C=O) groups is 2. The van der Waals surface area contributed by atoms with E-state index in [9.17, 15) is 9.59 Å². The molecule has 0 spiro atoms. The number of piperazine rings is 1. The lowest BCUT2D eigenvalue weighted by molar-refractivity contribution is -0.147. The van der Waals surface area contributed by atoms with E-state index in [0.29, 0.717) is 30.8 Å². The van der Waals surface area contributed by atoms with E-state index in [-0.39, 0.29) is 24.4 Å². The first-order valence-corrected chi connectivity index (χ1v) is 16.1. The molecule has 0 aromatic heterocycles. The summed E-state index contributed by atoms with van der Waals surface area (Å²) in [5.41, 5.74) is 4.50. The number of hydrogen-bond donors (Lipinski definition) is 0. The Morgan fingerprint density at radius 2 is 1.33 bits per heavy atom. The number of ether oxygens (including phenoxy) is 2. The van der Waals surface area contributed by atoms with Crippen LogP contribution in [0.1, 0.15) is 57.9 Å². The highest BCUT2D eigenvalue weighted by Crippen LogP contribution is 2.30. The molecule has 2 atom stereocenters. The monoisotopic (exact) mass is 624 g/mol. The van der Waals surface area contributed by atoms with E-state index in [1.807, 2.05) is 49.4 Å². The summed E-state index contributed by atoms with van der Waals surface area (Å²) >= 11 is 6.17. The lowest BCUT2D eigenvalue weighted by atomic mass is 9.93. The van der Waals surface area contributed by atoms with Crippen LogP contribution >= 0.6 is 11.6 Å². The average Bonchev–Trinajstić information content (AvgIpc) is 3.09. The van der Waals surface area contributed by atoms with Crippen LogP contribution in [0.5, 0.6) is 0 Å². The third-order valence-electron chi connectivity index (χ3n) is 8.38. The summed E-state index contributed by atoms with van der Waals surface area (Å²) in [5, 5.41) is 0.748. The third kappa shape index (κ3) is 8.89. The Bertz CT molecular complexity index is 1510. The van der Waals surface area contributed by atoms with Crippen LogP contribution in [0.25, 0.3) is 0 Å². The second kappa shape index (κ2) is 16.5. The maximum Gasteiger partial charge on any atom is 0.313 e. The van der Waals surface area contributed by atoms with Gasteiger partial charge in [-0.2, -0.15) is 0 Å². The second-order valence-electron chi connectivity index (χ2n) is 11.3. The van der Waals surface area contributed by atoms with E-state index >= 15 is 0 Å². The van der Waals surface area contributed by atoms with Crippen molar-refractivity contribution >= 4 is 23.4 Å². The summed E-state index contributed by atoms with van der Waals surface area (Å²) in [6, 6.07) is 35.5. The molecule has 0 aliphatic carbocycles. The van der Waals surface area contributed by atoms with Gasteiger partial charge in [-0.1, -0.05) is 110 Å². The van der Waals surface area contributed by atoms with Gasteiger partial charge in [-0.25, -0.2) is 0 Å². The zero-order valence-corrected chi connectivity index (χ0v) is 26.6. The topological polar surface area (TPSA) is 59.1 Å². The molecule has 4 aromatic carbocycles. The Labute approximate surface area is 271 Å². The highest BCUT2D eigenvalue weighted by molar-refractivity contribution is 6.30. The Morgan fingerprint density at radius 3 is 2.02 bits per heavy atom. The highest BCUT2D eigenvalue weighted by atomic mass is 35.5. The van der Waals surface area contributed by atoms with Crippen LogP contribution in [0, 0.1) is 0 Å². The van der Waals surface area contributed by atoms with Crippen molar-refractivity contribution in [2.75, 3.05) is 52.5 Å². The summed E-state index contributed by atoms with van der Waals surface area (Å²) in [6.07, 6.45) is 0.581. The molecule has 6 nitrogen and oxygen atoms in total. The summed E-state index contributed by atoms with van der Waals surface area (Å²) < 4.78 is 11.4. The molecular weight excluding hydrogens is 584 g/mol. The summed E-state index contributed by atoms with van der Waals surface area (Å²) in [5.74, 6) is -0.791. The van der Waals surface area contributed by atoms with Crippen LogP contribution in [-0.2, 0) is 14.3 Å². The largest absolute Gasteiger partial charge is 0.463 e. The molecule has 0 saturated carbocycles. The van der Waals surface area contributed by atoms with E-state index in [2.05, 4.69) is 52.3 Å². The van der Waals surface area contributed by atoms with E-state index in [1.54, 1.807) is 24.3 Å². The molecule has 45 heavy (non-hydrogen) atoms. The third-order valence-corrected chi connectivity index (χ3v) is 8.63. The molecule has 1 aliphatic heterocycles. The number of carbonyl (C=O) groups excluding carboxylic acids is 2. The van der Waals surface area contributed by atoms with Gasteiger partial charge in [0.05, 0.1) is 25.2 Å². The second-order valence-corrected chi connectivity index (χ2v) is 11.7. The van der Waals surface area contributed by atoms with E-state index in [4.69, 9.17) is 21.1 Å². The van der Waals surface area contributed by atoms with Gasteiger partial charge in [0.1, 0.15) is 6.61 Å². The molecule has 0 bridgehead atoms. The van der Waals surface area contributed by atoms with E-state index in [1.165, 1.54) is 11.1 Å². The maximum atomic E-state index is 12.9. The van der Waals surface area contributed by atoms with Crippen LogP contribution in [0.2, 0.25) is 5.02 Å². The molecule has 0 radical (unpaired) electrons. The van der Waals surface area contributed by atoms with Crippen molar-refractivity contribution in [2.45, 2.75) is 25.3 Å². The van der Waals surface area contributed by atoms with Crippen LogP contribution in [0.15, 0.2) is 109 Å². The van der Waals surface area contributed by atoms with Gasteiger partial charge in [-0.3, -0.25) is 19.4 Å². The number of hydrogen-bond acceptors (Lipinski definition) is 6. The minimum absolute atomic E-state index is 0.0620. The van der Waals surface area contributed by atoms with Crippen molar-refractivity contribution in [3.63, 3.8) is 0 Å². The van der Waals surface area contributed by atoms with Crippen molar-refractivity contribution in [3.8, 4) is 0 Å². The van der Waals surface area contributed by atoms with E-state index < -0.39 is 5.92 Å². The van der Waals surface area contributed by atoms with Gasteiger partial charge >= 0.3 is 5.97 Å². The Kier molecular flexibility index (Phi) is 11.9. The minimum Gasteiger partial charge on any atom is -0.463 e. The maximum absolute atomic E-state index is 12.9. The van der Waals surface area contributed by atoms with Gasteiger partial charge in [0, 0.05) is 48.9 Å². The minimum atomic E-state index is -0.433. The molecule has 0 unspecified atom stereocenters. The van der Waals surface area contributed by atoms with Crippen LogP contribution < -0.4 is 0 Å². The molecular formula is C38H41ClN2O4. The van der Waals surface area contributed by atoms with Crippen molar-refractivity contribution in [3.05, 3.63) is 142 Å². The van der Waals surface area contributed by atoms with Crippen molar-refractivity contribution < 1.29 is 19.1 Å². The zero-order chi connectivity index (χ0) is 31.4. The molecule has 5 rings (SSSR count). The van der Waals surface area contributed by atoms with Gasteiger partial charge in [0.25, 0.3) is 0 Å². The zero-order valence-electron chi connectivity index (χ0n) is 25.8. The fourth-order valence-electron chi connectivity index (χ4n) is 5.93. The van der Waals surface area contributed by atoms with Crippen molar-refractivity contribution in [1.82, 2.24) is 9.80 Å². The smallest absolute Gasteiger partial charge is 0.313 e. The molecule has 1 aliphatic rings. The number of benzene rings is 4. The fraction of sp³-hybridized carbons (Fsp3) is 0.316. The van der Waals surface area contributed by atoms with Crippen molar-refractivity contribution in [1.29, 1.82) is 0 Å². The van der Waals surface area contributed by atoms with Gasteiger partial charge in [0.15, 0.2) is 5.78 Å². The first kappa shape index (κ1) is 32.6. The van der Waals surface area contributed by atoms with Gasteiger partial charge in [-0.15, -0.1) is 0 Å². The predicted octanol–water partition coefficient (Wildman–Crippen LogP) is 7.03.